The standard InChI is InChI=1S/C21H37N9O5S/c1-3-11(2)16(20(34)35)30-19(33)15(9-36)29-18(32)14(5-4-6-26-21(23)24)28-17(31)13(22)7-12-8-25-10-27-12/h8,10-11,13-16,36H,3-7,9,22H2,1-2H3,(H,25,27)(H,28,31)(H,29,32)(H,30,33)(H,34,35)(H4,23,24,26). The van der Waals surface area contributed by atoms with Gasteiger partial charge in [-0.2, -0.15) is 12.6 Å². The second-order valence-electron chi connectivity index (χ2n) is 8.35. The SMILES string of the molecule is CCC(C)C(NC(=O)C(CS)NC(=O)C(CCCN=C(N)N)NC(=O)C(N)Cc1cnc[nH]1)C(=O)O. The van der Waals surface area contributed by atoms with E-state index >= 15 is 0 Å². The molecule has 14 nitrogen and oxygen atoms in total. The molecule has 1 rings (SSSR count). The van der Waals surface area contributed by atoms with E-state index in [9.17, 15) is 24.3 Å². The van der Waals surface area contributed by atoms with Gasteiger partial charge in [0.1, 0.15) is 18.1 Å². The van der Waals surface area contributed by atoms with Crippen molar-refractivity contribution >= 4 is 42.3 Å². The number of carbonyl (C=O) groups is 4. The number of aliphatic carboxylic acids is 1. The van der Waals surface area contributed by atoms with E-state index < -0.39 is 47.9 Å². The number of aromatic amines is 1. The zero-order chi connectivity index (χ0) is 27.3. The lowest BCUT2D eigenvalue weighted by Gasteiger charge is -2.26. The third-order valence-electron chi connectivity index (χ3n) is 5.50. The van der Waals surface area contributed by atoms with Gasteiger partial charge in [-0.25, -0.2) is 9.78 Å². The topological polar surface area (TPSA) is 244 Å². The van der Waals surface area contributed by atoms with Crippen molar-refractivity contribution in [2.45, 2.75) is 63.7 Å². The molecule has 0 aromatic carbocycles. The van der Waals surface area contributed by atoms with Crippen LogP contribution in [-0.2, 0) is 25.6 Å². The van der Waals surface area contributed by atoms with Gasteiger partial charge in [0.2, 0.25) is 17.7 Å². The summed E-state index contributed by atoms with van der Waals surface area (Å²) in [6.45, 7) is 3.72. The van der Waals surface area contributed by atoms with Crippen molar-refractivity contribution in [3.8, 4) is 0 Å². The molecule has 0 saturated heterocycles. The Kier molecular flexibility index (Phi) is 13.3. The normalized spacial score (nSPS) is 15.0. The smallest absolute Gasteiger partial charge is 0.326 e. The molecule has 0 spiro atoms. The number of H-pyrrole nitrogens is 1. The van der Waals surface area contributed by atoms with Crippen molar-refractivity contribution in [2.24, 2.45) is 28.1 Å². The zero-order valence-corrected chi connectivity index (χ0v) is 21.3. The minimum Gasteiger partial charge on any atom is -0.480 e. The number of rotatable bonds is 16. The minimum absolute atomic E-state index is 0.0988. The number of carbonyl (C=O) groups excluding carboxylic acids is 3. The number of aromatic nitrogens is 2. The summed E-state index contributed by atoms with van der Waals surface area (Å²) >= 11 is 4.12. The highest BCUT2D eigenvalue weighted by atomic mass is 32.1. The number of nitrogens with zero attached hydrogens (tertiary/aromatic N) is 2. The molecular formula is C21H37N9O5S. The fourth-order valence-corrected chi connectivity index (χ4v) is 3.44. The first-order valence-electron chi connectivity index (χ1n) is 11.5. The number of nitrogens with two attached hydrogens (primary N) is 3. The van der Waals surface area contributed by atoms with E-state index in [4.69, 9.17) is 17.2 Å². The molecule has 0 aliphatic rings. The third kappa shape index (κ3) is 10.5. The Balaban J connectivity index is 2.90. The molecule has 202 valence electrons. The van der Waals surface area contributed by atoms with Crippen molar-refractivity contribution in [1.82, 2.24) is 25.9 Å². The molecule has 1 heterocycles. The van der Waals surface area contributed by atoms with Crippen LogP contribution in [0.5, 0.6) is 0 Å². The average molecular weight is 528 g/mol. The first-order chi connectivity index (χ1) is 17.0. The number of nitrogens with one attached hydrogen (secondary N) is 4. The quantitative estimate of drug-likeness (QED) is 0.0491. The van der Waals surface area contributed by atoms with Crippen LogP contribution in [0.15, 0.2) is 17.5 Å². The lowest BCUT2D eigenvalue weighted by atomic mass is 9.99. The van der Waals surface area contributed by atoms with Crippen molar-refractivity contribution in [1.29, 1.82) is 0 Å². The predicted octanol–water partition coefficient (Wildman–Crippen LogP) is -2.15. The van der Waals surface area contributed by atoms with Crippen LogP contribution in [0.2, 0.25) is 0 Å². The van der Waals surface area contributed by atoms with Gasteiger partial charge in [0.05, 0.1) is 12.4 Å². The summed E-state index contributed by atoms with van der Waals surface area (Å²) in [6.07, 6.45) is 4.18. The molecule has 0 fully saturated rings. The van der Waals surface area contributed by atoms with Crippen LogP contribution in [0.1, 0.15) is 38.8 Å². The van der Waals surface area contributed by atoms with Crippen LogP contribution in [-0.4, -0.2) is 81.2 Å². The Hall–Kier alpha value is -3.33. The molecule has 0 aliphatic carbocycles. The molecule has 0 radical (unpaired) electrons. The van der Waals surface area contributed by atoms with Crippen LogP contribution in [0, 0.1) is 5.92 Å². The molecule has 3 amide bonds. The van der Waals surface area contributed by atoms with Crippen LogP contribution in [0.4, 0.5) is 0 Å². The average Bonchev–Trinajstić information content (AvgIpc) is 3.34. The Morgan fingerprint density at radius 2 is 1.78 bits per heavy atom. The van der Waals surface area contributed by atoms with E-state index in [0.717, 1.165) is 0 Å². The maximum Gasteiger partial charge on any atom is 0.326 e. The molecule has 0 aliphatic heterocycles. The van der Waals surface area contributed by atoms with E-state index in [1.165, 1.54) is 12.5 Å². The second kappa shape index (κ2) is 15.6. The molecule has 0 saturated carbocycles. The highest BCUT2D eigenvalue weighted by molar-refractivity contribution is 7.80. The number of carboxylic acids is 1. The fourth-order valence-electron chi connectivity index (χ4n) is 3.18. The van der Waals surface area contributed by atoms with Gasteiger partial charge in [-0.3, -0.25) is 19.4 Å². The summed E-state index contributed by atoms with van der Waals surface area (Å²) in [7, 11) is 0. The molecule has 5 unspecified atom stereocenters. The number of hydrogen-bond acceptors (Lipinski definition) is 8. The van der Waals surface area contributed by atoms with Crippen molar-refractivity contribution < 1.29 is 24.3 Å². The zero-order valence-electron chi connectivity index (χ0n) is 20.4. The van der Waals surface area contributed by atoms with Gasteiger partial charge in [0.15, 0.2) is 5.96 Å². The van der Waals surface area contributed by atoms with Crippen molar-refractivity contribution in [3.63, 3.8) is 0 Å². The highest BCUT2D eigenvalue weighted by Crippen LogP contribution is 2.09. The summed E-state index contributed by atoms with van der Waals surface area (Å²) in [5.41, 5.74) is 17.3. The Bertz CT molecular complexity index is 892. The van der Waals surface area contributed by atoms with E-state index in [1.807, 2.05) is 0 Å². The molecule has 11 N–H and O–H groups in total. The highest BCUT2D eigenvalue weighted by Gasteiger charge is 2.31. The summed E-state index contributed by atoms with van der Waals surface area (Å²) in [5.74, 6) is -3.67. The first kappa shape index (κ1) is 30.7. The van der Waals surface area contributed by atoms with Gasteiger partial charge < -0.3 is 43.2 Å². The molecule has 15 heteroatoms. The van der Waals surface area contributed by atoms with E-state index in [0.29, 0.717) is 18.5 Å². The predicted molar refractivity (Wildman–Crippen MR) is 137 cm³/mol. The Labute approximate surface area is 215 Å². The Morgan fingerprint density at radius 1 is 1.14 bits per heavy atom. The number of carboxylic acid groups (broad SMARTS) is 1. The summed E-state index contributed by atoms with van der Waals surface area (Å²) < 4.78 is 0. The van der Waals surface area contributed by atoms with Crippen LogP contribution in [0.3, 0.4) is 0 Å². The van der Waals surface area contributed by atoms with E-state index in [-0.39, 0.29) is 37.0 Å². The second-order valence-corrected chi connectivity index (χ2v) is 8.72. The van der Waals surface area contributed by atoms with Crippen molar-refractivity contribution in [3.05, 3.63) is 18.2 Å². The molecule has 0 bridgehead atoms. The lowest BCUT2D eigenvalue weighted by molar-refractivity contribution is -0.143. The van der Waals surface area contributed by atoms with E-state index in [2.05, 4.69) is 43.5 Å². The van der Waals surface area contributed by atoms with Crippen molar-refractivity contribution in [2.75, 3.05) is 12.3 Å². The lowest BCUT2D eigenvalue weighted by Crippen LogP contribution is -2.58. The van der Waals surface area contributed by atoms with Gasteiger partial charge in [0.25, 0.3) is 0 Å². The number of hydrogen-bond donors (Lipinski definition) is 9. The maximum absolute atomic E-state index is 13.0. The number of imidazole rings is 1. The molecule has 36 heavy (non-hydrogen) atoms. The summed E-state index contributed by atoms with van der Waals surface area (Å²) in [5, 5.41) is 17.0. The molecule has 1 aromatic heterocycles. The number of amides is 3. The summed E-state index contributed by atoms with van der Waals surface area (Å²) in [4.78, 5) is 60.5. The minimum atomic E-state index is -1.18. The van der Waals surface area contributed by atoms with Gasteiger partial charge >= 0.3 is 5.97 Å². The Morgan fingerprint density at radius 3 is 2.31 bits per heavy atom. The third-order valence-corrected chi connectivity index (χ3v) is 5.87. The van der Waals surface area contributed by atoms with Crippen LogP contribution >= 0.6 is 12.6 Å². The van der Waals surface area contributed by atoms with Crippen LogP contribution in [0.25, 0.3) is 0 Å². The van der Waals surface area contributed by atoms with Gasteiger partial charge in [0, 0.05) is 30.6 Å². The molecule has 1 aromatic rings. The monoisotopic (exact) mass is 527 g/mol. The van der Waals surface area contributed by atoms with Gasteiger partial charge in [-0.05, 0) is 18.8 Å². The van der Waals surface area contributed by atoms with Gasteiger partial charge in [-0.1, -0.05) is 20.3 Å². The first-order valence-corrected chi connectivity index (χ1v) is 12.2. The largest absolute Gasteiger partial charge is 0.480 e. The van der Waals surface area contributed by atoms with E-state index in [1.54, 1.807) is 13.8 Å². The number of aliphatic imine (C=N–C) groups is 1. The fraction of sp³-hybridized carbons (Fsp3) is 0.619. The van der Waals surface area contributed by atoms with Crippen LogP contribution < -0.4 is 33.2 Å². The van der Waals surface area contributed by atoms with Gasteiger partial charge in [-0.15, -0.1) is 0 Å². The molecule has 5 atom stereocenters. The maximum atomic E-state index is 13.0. The summed E-state index contributed by atoms with van der Waals surface area (Å²) in [6, 6.07) is -4.28. The molecular weight excluding hydrogens is 490 g/mol. The number of guanidine groups is 1. The number of thiol groups is 1.